The number of benzene rings is 2. The van der Waals surface area contributed by atoms with Crippen molar-refractivity contribution in [2.75, 3.05) is 5.32 Å². The van der Waals surface area contributed by atoms with Gasteiger partial charge < -0.3 is 5.32 Å². The molecule has 1 aromatic heterocycles. The van der Waals surface area contributed by atoms with Gasteiger partial charge in [0.15, 0.2) is 5.82 Å². The molecule has 2 unspecified atom stereocenters. The standard InChI is InChI=1S/C20H18ClN3O/c21-18-13-24(12-14-7-3-1-4-8-14)23-19(18)22-20(25)17-11-16(17)15-9-5-2-6-10-15/h1-10,13,16-17H,11-12H2,(H,22,23,25). The smallest absolute Gasteiger partial charge is 0.229 e. The first-order chi connectivity index (χ1) is 12.2. The summed E-state index contributed by atoms with van der Waals surface area (Å²) >= 11 is 6.24. The van der Waals surface area contributed by atoms with Gasteiger partial charge in [-0.15, -0.1) is 0 Å². The van der Waals surface area contributed by atoms with Gasteiger partial charge >= 0.3 is 0 Å². The monoisotopic (exact) mass is 351 g/mol. The van der Waals surface area contributed by atoms with Crippen molar-refractivity contribution in [1.82, 2.24) is 9.78 Å². The fraction of sp³-hybridized carbons (Fsp3) is 0.200. The van der Waals surface area contributed by atoms with Crippen LogP contribution < -0.4 is 5.32 Å². The second-order valence-electron chi connectivity index (χ2n) is 6.36. The van der Waals surface area contributed by atoms with Gasteiger partial charge in [-0.1, -0.05) is 72.3 Å². The van der Waals surface area contributed by atoms with Crippen LogP contribution in [0.4, 0.5) is 5.82 Å². The Morgan fingerprint density at radius 3 is 2.52 bits per heavy atom. The van der Waals surface area contributed by atoms with Gasteiger partial charge in [-0.05, 0) is 23.5 Å². The van der Waals surface area contributed by atoms with Crippen molar-refractivity contribution >= 4 is 23.3 Å². The van der Waals surface area contributed by atoms with Crippen LogP contribution in [-0.4, -0.2) is 15.7 Å². The Bertz CT molecular complexity index is 876. The first kappa shape index (κ1) is 15.9. The van der Waals surface area contributed by atoms with Crippen molar-refractivity contribution in [1.29, 1.82) is 0 Å². The molecule has 2 aromatic carbocycles. The van der Waals surface area contributed by atoms with E-state index in [1.54, 1.807) is 10.9 Å². The van der Waals surface area contributed by atoms with Crippen molar-refractivity contribution in [3.63, 3.8) is 0 Å². The quantitative estimate of drug-likeness (QED) is 0.743. The van der Waals surface area contributed by atoms with Crippen LogP contribution in [0.3, 0.4) is 0 Å². The minimum absolute atomic E-state index is 0.00209. The molecule has 1 aliphatic carbocycles. The zero-order valence-electron chi connectivity index (χ0n) is 13.6. The summed E-state index contributed by atoms with van der Waals surface area (Å²) in [6.45, 7) is 0.618. The lowest BCUT2D eigenvalue weighted by Crippen LogP contribution is -2.15. The third-order valence-corrected chi connectivity index (χ3v) is 4.78. The SMILES string of the molecule is O=C(Nc1nn(Cc2ccccc2)cc1Cl)C1CC1c1ccccc1. The number of nitrogens with one attached hydrogen (secondary N) is 1. The second kappa shape index (κ2) is 6.73. The molecule has 0 bridgehead atoms. The number of aromatic nitrogens is 2. The molecular formula is C20H18ClN3O. The van der Waals surface area contributed by atoms with Crippen molar-refractivity contribution in [3.05, 3.63) is 83.0 Å². The van der Waals surface area contributed by atoms with E-state index in [0.29, 0.717) is 23.3 Å². The van der Waals surface area contributed by atoms with Crippen LogP contribution in [0.15, 0.2) is 66.9 Å². The molecule has 1 amide bonds. The van der Waals surface area contributed by atoms with E-state index < -0.39 is 0 Å². The zero-order valence-corrected chi connectivity index (χ0v) is 14.4. The average Bonchev–Trinajstić information content (AvgIpc) is 3.37. The van der Waals surface area contributed by atoms with Gasteiger partial charge in [0.1, 0.15) is 5.02 Å². The number of carbonyl (C=O) groups is 1. The lowest BCUT2D eigenvalue weighted by atomic mass is 10.1. The number of hydrogen-bond donors (Lipinski definition) is 1. The van der Waals surface area contributed by atoms with Gasteiger partial charge in [0.25, 0.3) is 0 Å². The average molecular weight is 352 g/mol. The van der Waals surface area contributed by atoms with E-state index in [-0.39, 0.29) is 11.8 Å². The van der Waals surface area contributed by atoms with Crippen LogP contribution in [0.5, 0.6) is 0 Å². The minimum atomic E-state index is -0.0132. The number of hydrogen-bond acceptors (Lipinski definition) is 2. The Morgan fingerprint density at radius 1 is 1.12 bits per heavy atom. The Balaban J connectivity index is 1.41. The van der Waals surface area contributed by atoms with E-state index in [1.165, 1.54) is 5.56 Å². The molecule has 5 heteroatoms. The summed E-state index contributed by atoms with van der Waals surface area (Å²) in [7, 11) is 0. The van der Waals surface area contributed by atoms with Crippen molar-refractivity contribution in [2.24, 2.45) is 5.92 Å². The Kier molecular flexibility index (Phi) is 4.28. The molecule has 1 aliphatic rings. The minimum Gasteiger partial charge on any atom is -0.308 e. The zero-order chi connectivity index (χ0) is 17.2. The molecule has 0 spiro atoms. The van der Waals surface area contributed by atoms with E-state index >= 15 is 0 Å². The molecule has 1 fully saturated rings. The van der Waals surface area contributed by atoms with Crippen LogP contribution in [0, 0.1) is 5.92 Å². The lowest BCUT2D eigenvalue weighted by Gasteiger charge is -2.03. The van der Waals surface area contributed by atoms with Crippen molar-refractivity contribution in [3.8, 4) is 0 Å². The second-order valence-corrected chi connectivity index (χ2v) is 6.76. The maximum atomic E-state index is 12.5. The normalized spacial score (nSPS) is 18.8. The van der Waals surface area contributed by atoms with Crippen molar-refractivity contribution in [2.45, 2.75) is 18.9 Å². The summed E-state index contributed by atoms with van der Waals surface area (Å²) < 4.78 is 1.74. The first-order valence-electron chi connectivity index (χ1n) is 8.33. The third-order valence-electron chi connectivity index (χ3n) is 4.50. The topological polar surface area (TPSA) is 46.9 Å². The van der Waals surface area contributed by atoms with Crippen LogP contribution in [-0.2, 0) is 11.3 Å². The summed E-state index contributed by atoms with van der Waals surface area (Å²) in [6, 6.07) is 20.1. The molecule has 1 N–H and O–H groups in total. The lowest BCUT2D eigenvalue weighted by molar-refractivity contribution is -0.117. The van der Waals surface area contributed by atoms with Crippen LogP contribution in [0.1, 0.15) is 23.5 Å². The van der Waals surface area contributed by atoms with E-state index in [9.17, 15) is 4.79 Å². The number of nitrogens with zero attached hydrogens (tertiary/aromatic N) is 2. The predicted octanol–water partition coefficient (Wildman–Crippen LogP) is 4.33. The summed E-state index contributed by atoms with van der Waals surface area (Å²) in [5, 5.41) is 7.74. The van der Waals surface area contributed by atoms with E-state index in [1.807, 2.05) is 48.5 Å². The molecule has 2 atom stereocenters. The fourth-order valence-electron chi connectivity index (χ4n) is 3.10. The van der Waals surface area contributed by atoms with Gasteiger partial charge in [-0.2, -0.15) is 5.10 Å². The highest BCUT2D eigenvalue weighted by molar-refractivity contribution is 6.33. The van der Waals surface area contributed by atoms with Gasteiger partial charge in [-0.3, -0.25) is 9.48 Å². The van der Waals surface area contributed by atoms with E-state index in [2.05, 4.69) is 22.5 Å². The summed E-state index contributed by atoms with van der Waals surface area (Å²) in [5.74, 6) is 0.714. The fourth-order valence-corrected chi connectivity index (χ4v) is 3.29. The highest BCUT2D eigenvalue weighted by Crippen LogP contribution is 2.48. The maximum Gasteiger partial charge on any atom is 0.229 e. The van der Waals surface area contributed by atoms with Gasteiger partial charge in [0.05, 0.1) is 6.54 Å². The highest BCUT2D eigenvalue weighted by atomic mass is 35.5. The van der Waals surface area contributed by atoms with Crippen molar-refractivity contribution < 1.29 is 4.79 Å². The molecule has 0 radical (unpaired) electrons. The molecular weight excluding hydrogens is 334 g/mol. The molecule has 3 aromatic rings. The first-order valence-corrected chi connectivity index (χ1v) is 8.71. The number of carbonyl (C=O) groups excluding carboxylic acids is 1. The Morgan fingerprint density at radius 2 is 1.80 bits per heavy atom. The molecule has 126 valence electrons. The molecule has 1 heterocycles. The van der Waals surface area contributed by atoms with E-state index in [0.717, 1.165) is 12.0 Å². The number of halogens is 1. The Hall–Kier alpha value is -2.59. The predicted molar refractivity (Wildman–Crippen MR) is 98.7 cm³/mol. The molecule has 25 heavy (non-hydrogen) atoms. The molecule has 1 saturated carbocycles. The van der Waals surface area contributed by atoms with Crippen LogP contribution in [0.2, 0.25) is 5.02 Å². The number of anilines is 1. The number of amides is 1. The summed E-state index contributed by atoms with van der Waals surface area (Å²) in [4.78, 5) is 12.5. The largest absolute Gasteiger partial charge is 0.308 e. The molecule has 0 aliphatic heterocycles. The van der Waals surface area contributed by atoms with Gasteiger partial charge in [0.2, 0.25) is 5.91 Å². The molecule has 4 nitrogen and oxygen atoms in total. The molecule has 0 saturated heterocycles. The van der Waals surface area contributed by atoms with Crippen LogP contribution >= 0.6 is 11.6 Å². The van der Waals surface area contributed by atoms with E-state index in [4.69, 9.17) is 11.6 Å². The van der Waals surface area contributed by atoms with Gasteiger partial charge in [-0.25, -0.2) is 0 Å². The summed E-state index contributed by atoms with van der Waals surface area (Å²) in [5.41, 5.74) is 2.34. The van der Waals surface area contributed by atoms with Crippen LogP contribution in [0.25, 0.3) is 0 Å². The summed E-state index contributed by atoms with van der Waals surface area (Å²) in [6.07, 6.45) is 2.62. The number of rotatable bonds is 5. The van der Waals surface area contributed by atoms with Gasteiger partial charge in [0, 0.05) is 12.1 Å². The highest BCUT2D eigenvalue weighted by Gasteiger charge is 2.44. The third kappa shape index (κ3) is 3.59. The Labute approximate surface area is 151 Å². The maximum absolute atomic E-state index is 12.5. The molecule has 4 rings (SSSR count).